The van der Waals surface area contributed by atoms with Crippen LogP contribution in [0.2, 0.25) is 0 Å². The van der Waals surface area contributed by atoms with Gasteiger partial charge in [0.2, 0.25) is 0 Å². The van der Waals surface area contributed by atoms with Crippen molar-refractivity contribution in [3.63, 3.8) is 0 Å². The second kappa shape index (κ2) is 5.09. The van der Waals surface area contributed by atoms with Crippen LogP contribution < -0.4 is 0 Å². The minimum atomic E-state index is -3.22. The van der Waals surface area contributed by atoms with E-state index in [0.29, 0.717) is 6.61 Å². The largest absolute Gasteiger partial charge is 0.270 e. The first kappa shape index (κ1) is 10.4. The van der Waals surface area contributed by atoms with Crippen LogP contribution in [-0.4, -0.2) is 26.6 Å². The Bertz CT molecular complexity index is 164. The second-order valence-corrected chi connectivity index (χ2v) is 4.36. The third-order valence-electron chi connectivity index (χ3n) is 0.825. The van der Waals surface area contributed by atoms with Crippen molar-refractivity contribution in [1.82, 2.24) is 0 Å². The van der Waals surface area contributed by atoms with Gasteiger partial charge in [0.05, 0.1) is 12.9 Å². The summed E-state index contributed by atoms with van der Waals surface area (Å²) in [5.41, 5.74) is 0. The highest BCUT2D eigenvalue weighted by molar-refractivity contribution is 9.09. The van der Waals surface area contributed by atoms with Gasteiger partial charge in [0.15, 0.2) is 0 Å². The molecule has 0 amide bonds. The molecule has 10 heavy (non-hydrogen) atoms. The number of unbranched alkanes of at least 4 members (excludes halogenated alkanes) is 1. The van der Waals surface area contributed by atoms with E-state index >= 15 is 0 Å². The molecule has 0 atom stereocenters. The van der Waals surface area contributed by atoms with Gasteiger partial charge in [0, 0.05) is 5.33 Å². The van der Waals surface area contributed by atoms with Crippen LogP contribution in [0.1, 0.15) is 12.8 Å². The molecule has 62 valence electrons. The summed E-state index contributed by atoms with van der Waals surface area (Å²) in [5, 5.41) is 0.889. The van der Waals surface area contributed by atoms with Gasteiger partial charge >= 0.3 is 0 Å². The van der Waals surface area contributed by atoms with Crippen LogP contribution in [0, 0.1) is 0 Å². The maximum absolute atomic E-state index is 10.4. The maximum atomic E-state index is 10.4. The summed E-state index contributed by atoms with van der Waals surface area (Å²) < 4.78 is 25.2. The lowest BCUT2D eigenvalue weighted by Gasteiger charge is -1.97. The highest BCUT2D eigenvalue weighted by Gasteiger charge is 1.98. The van der Waals surface area contributed by atoms with Crippen LogP contribution in [0.4, 0.5) is 0 Å². The molecule has 0 N–H and O–H groups in total. The van der Waals surface area contributed by atoms with Gasteiger partial charge < -0.3 is 0 Å². The molecule has 0 aliphatic carbocycles. The van der Waals surface area contributed by atoms with Crippen molar-refractivity contribution in [1.29, 1.82) is 0 Å². The van der Waals surface area contributed by atoms with Gasteiger partial charge in [-0.25, -0.2) is 0 Å². The fourth-order valence-corrected chi connectivity index (χ4v) is 1.22. The molecule has 0 fully saturated rings. The van der Waals surface area contributed by atoms with Gasteiger partial charge in [-0.3, -0.25) is 4.18 Å². The SMILES string of the molecule is CS(=O)(=O)OCCCCBr. The van der Waals surface area contributed by atoms with E-state index in [9.17, 15) is 8.42 Å². The van der Waals surface area contributed by atoms with Crippen molar-refractivity contribution in [3.05, 3.63) is 0 Å². The molecule has 5 heteroatoms. The zero-order chi connectivity index (χ0) is 8.04. The Morgan fingerprint density at radius 1 is 1.40 bits per heavy atom. The molecule has 0 heterocycles. The summed E-state index contributed by atoms with van der Waals surface area (Å²) >= 11 is 3.23. The molecular weight excluding hydrogens is 220 g/mol. The van der Waals surface area contributed by atoms with E-state index in [1.54, 1.807) is 0 Å². The molecule has 0 spiro atoms. The first-order valence-corrected chi connectivity index (χ1v) is 5.90. The molecule has 0 aliphatic rings. The molecule has 0 radical (unpaired) electrons. The average Bonchev–Trinajstić information content (AvgIpc) is 1.78. The Kier molecular flexibility index (Phi) is 5.29. The quantitative estimate of drug-likeness (QED) is 0.405. The number of hydrogen-bond acceptors (Lipinski definition) is 3. The highest BCUT2D eigenvalue weighted by atomic mass is 79.9. The van der Waals surface area contributed by atoms with Gasteiger partial charge in [-0.2, -0.15) is 8.42 Å². The summed E-state index contributed by atoms with van der Waals surface area (Å²) in [6, 6.07) is 0. The van der Waals surface area contributed by atoms with E-state index in [-0.39, 0.29) is 0 Å². The maximum Gasteiger partial charge on any atom is 0.264 e. The predicted octanol–water partition coefficient (Wildman–Crippen LogP) is 1.14. The molecule has 0 bridgehead atoms. The topological polar surface area (TPSA) is 43.4 Å². The Hall–Kier alpha value is 0.390. The number of alkyl halides is 1. The number of rotatable bonds is 5. The Morgan fingerprint density at radius 3 is 2.40 bits per heavy atom. The van der Waals surface area contributed by atoms with Gasteiger partial charge in [0.1, 0.15) is 0 Å². The Balaban J connectivity index is 3.21. The molecule has 0 aromatic heterocycles. The van der Waals surface area contributed by atoms with Gasteiger partial charge in [-0.1, -0.05) is 15.9 Å². The van der Waals surface area contributed by atoms with E-state index in [4.69, 9.17) is 0 Å². The predicted molar refractivity (Wildman–Crippen MR) is 43.8 cm³/mol. The molecule has 0 unspecified atom stereocenters. The van der Waals surface area contributed by atoms with E-state index in [0.717, 1.165) is 24.4 Å². The standard InChI is InChI=1S/C5H11BrO3S/c1-10(7,8)9-5-3-2-4-6/h2-5H2,1H3. The van der Waals surface area contributed by atoms with Crippen LogP contribution in [0.15, 0.2) is 0 Å². The van der Waals surface area contributed by atoms with Crippen LogP contribution in [0.25, 0.3) is 0 Å². The van der Waals surface area contributed by atoms with Crippen molar-refractivity contribution < 1.29 is 12.6 Å². The summed E-state index contributed by atoms with van der Waals surface area (Å²) in [4.78, 5) is 0. The lowest BCUT2D eigenvalue weighted by atomic mass is 10.4. The van der Waals surface area contributed by atoms with Crippen LogP contribution in [0.5, 0.6) is 0 Å². The first-order valence-electron chi connectivity index (χ1n) is 2.96. The molecule has 0 saturated heterocycles. The van der Waals surface area contributed by atoms with E-state index < -0.39 is 10.1 Å². The Labute approximate surface area is 70.0 Å². The minimum absolute atomic E-state index is 0.296. The fourth-order valence-electron chi connectivity index (χ4n) is 0.407. The smallest absolute Gasteiger partial charge is 0.264 e. The minimum Gasteiger partial charge on any atom is -0.270 e. The summed E-state index contributed by atoms with van der Waals surface area (Å²) in [6.45, 7) is 0.296. The monoisotopic (exact) mass is 230 g/mol. The van der Waals surface area contributed by atoms with Crippen molar-refractivity contribution in [2.75, 3.05) is 18.2 Å². The fraction of sp³-hybridized carbons (Fsp3) is 1.00. The van der Waals surface area contributed by atoms with E-state index in [1.165, 1.54) is 0 Å². The number of hydrogen-bond donors (Lipinski definition) is 0. The van der Waals surface area contributed by atoms with Gasteiger partial charge in [-0.05, 0) is 12.8 Å². The summed E-state index contributed by atoms with van der Waals surface area (Å²) in [7, 11) is -3.22. The normalized spacial score (nSPS) is 11.8. The first-order chi connectivity index (χ1) is 4.56. The van der Waals surface area contributed by atoms with Gasteiger partial charge in [0.25, 0.3) is 10.1 Å². The third kappa shape index (κ3) is 8.39. The van der Waals surface area contributed by atoms with Crippen molar-refractivity contribution in [2.24, 2.45) is 0 Å². The van der Waals surface area contributed by atoms with Crippen LogP contribution >= 0.6 is 15.9 Å². The van der Waals surface area contributed by atoms with E-state index in [2.05, 4.69) is 20.1 Å². The van der Waals surface area contributed by atoms with Crippen molar-refractivity contribution >= 4 is 26.0 Å². The Morgan fingerprint density at radius 2 is 2.00 bits per heavy atom. The molecule has 0 aliphatic heterocycles. The average molecular weight is 231 g/mol. The van der Waals surface area contributed by atoms with Gasteiger partial charge in [-0.15, -0.1) is 0 Å². The lowest BCUT2D eigenvalue weighted by molar-refractivity contribution is 0.315. The lowest BCUT2D eigenvalue weighted by Crippen LogP contribution is -2.03. The van der Waals surface area contributed by atoms with Crippen molar-refractivity contribution in [3.8, 4) is 0 Å². The highest BCUT2D eigenvalue weighted by Crippen LogP contribution is 1.96. The van der Waals surface area contributed by atoms with E-state index in [1.807, 2.05) is 0 Å². The molecule has 0 rings (SSSR count). The molecule has 0 aromatic carbocycles. The summed E-state index contributed by atoms with van der Waals surface area (Å²) in [6.07, 6.45) is 2.77. The number of halogens is 1. The molecule has 0 aromatic rings. The second-order valence-electron chi connectivity index (χ2n) is 1.92. The van der Waals surface area contributed by atoms with Crippen molar-refractivity contribution in [2.45, 2.75) is 12.8 Å². The molecule has 3 nitrogen and oxygen atoms in total. The summed E-state index contributed by atoms with van der Waals surface area (Å²) in [5.74, 6) is 0. The zero-order valence-electron chi connectivity index (χ0n) is 5.84. The third-order valence-corrected chi connectivity index (χ3v) is 1.98. The zero-order valence-corrected chi connectivity index (χ0v) is 8.24. The molecular formula is C5H11BrO3S. The van der Waals surface area contributed by atoms with Crippen LogP contribution in [-0.2, 0) is 14.3 Å². The molecule has 0 saturated carbocycles. The van der Waals surface area contributed by atoms with Crippen LogP contribution in [0.3, 0.4) is 0 Å².